The summed E-state index contributed by atoms with van der Waals surface area (Å²) in [6.45, 7) is 7.07. The topological polar surface area (TPSA) is 80.6 Å². The van der Waals surface area contributed by atoms with E-state index in [1.807, 2.05) is 24.3 Å². The zero-order valence-corrected chi connectivity index (χ0v) is 14.8. The SMILES string of the molecule is CC(C)(C)c1ccc(OCCNC(=O)CNC(=O)c2ccco2)cc1. The maximum atomic E-state index is 11.7. The molecular weight excluding hydrogens is 320 g/mol. The maximum absolute atomic E-state index is 11.7. The highest BCUT2D eigenvalue weighted by molar-refractivity contribution is 5.94. The molecule has 0 atom stereocenters. The second kappa shape index (κ2) is 8.37. The number of benzene rings is 1. The Balaban J connectivity index is 1.64. The second-order valence-corrected chi connectivity index (χ2v) is 6.63. The Kier molecular flexibility index (Phi) is 6.22. The Hall–Kier alpha value is -2.76. The first-order valence-corrected chi connectivity index (χ1v) is 8.18. The number of ether oxygens (including phenoxy) is 1. The third-order valence-electron chi connectivity index (χ3n) is 3.57. The van der Waals surface area contributed by atoms with Crippen molar-refractivity contribution in [3.05, 3.63) is 54.0 Å². The van der Waals surface area contributed by atoms with E-state index in [9.17, 15) is 9.59 Å². The molecule has 1 aromatic heterocycles. The lowest BCUT2D eigenvalue weighted by Gasteiger charge is -2.19. The predicted octanol–water partition coefficient (Wildman–Crippen LogP) is 2.50. The van der Waals surface area contributed by atoms with Gasteiger partial charge in [0.25, 0.3) is 5.91 Å². The Bertz CT molecular complexity index is 685. The van der Waals surface area contributed by atoms with Crippen molar-refractivity contribution in [1.82, 2.24) is 10.6 Å². The Labute approximate surface area is 147 Å². The largest absolute Gasteiger partial charge is 0.492 e. The van der Waals surface area contributed by atoms with Crippen molar-refractivity contribution >= 4 is 11.8 Å². The zero-order valence-electron chi connectivity index (χ0n) is 14.8. The van der Waals surface area contributed by atoms with Crippen LogP contribution in [0.5, 0.6) is 5.75 Å². The van der Waals surface area contributed by atoms with Gasteiger partial charge in [-0.15, -0.1) is 0 Å². The van der Waals surface area contributed by atoms with Crippen LogP contribution in [-0.4, -0.2) is 31.5 Å². The van der Waals surface area contributed by atoms with Gasteiger partial charge in [-0.3, -0.25) is 9.59 Å². The first-order valence-electron chi connectivity index (χ1n) is 8.18. The highest BCUT2D eigenvalue weighted by atomic mass is 16.5. The van der Waals surface area contributed by atoms with Crippen LogP contribution in [0.25, 0.3) is 0 Å². The summed E-state index contributed by atoms with van der Waals surface area (Å²) in [6.07, 6.45) is 1.40. The molecule has 0 saturated carbocycles. The molecule has 0 spiro atoms. The summed E-state index contributed by atoms with van der Waals surface area (Å²) >= 11 is 0. The fourth-order valence-electron chi connectivity index (χ4n) is 2.13. The van der Waals surface area contributed by atoms with Gasteiger partial charge in [-0.25, -0.2) is 0 Å². The van der Waals surface area contributed by atoms with E-state index in [2.05, 4.69) is 31.4 Å². The van der Waals surface area contributed by atoms with Crippen LogP contribution in [0.2, 0.25) is 0 Å². The number of rotatable bonds is 7. The molecule has 1 heterocycles. The summed E-state index contributed by atoms with van der Waals surface area (Å²) in [5, 5.41) is 5.16. The van der Waals surface area contributed by atoms with Crippen molar-refractivity contribution < 1.29 is 18.7 Å². The molecule has 1 aromatic carbocycles. The maximum Gasteiger partial charge on any atom is 0.287 e. The average molecular weight is 344 g/mol. The molecule has 2 aromatic rings. The summed E-state index contributed by atoms with van der Waals surface area (Å²) in [5.41, 5.74) is 1.34. The van der Waals surface area contributed by atoms with E-state index in [0.29, 0.717) is 13.2 Å². The highest BCUT2D eigenvalue weighted by Crippen LogP contribution is 2.24. The fourth-order valence-corrected chi connectivity index (χ4v) is 2.13. The Morgan fingerprint density at radius 3 is 2.40 bits per heavy atom. The van der Waals surface area contributed by atoms with Crippen molar-refractivity contribution in [3.8, 4) is 5.75 Å². The molecule has 0 aliphatic rings. The van der Waals surface area contributed by atoms with E-state index in [1.54, 1.807) is 6.07 Å². The first kappa shape index (κ1) is 18.6. The van der Waals surface area contributed by atoms with Gasteiger partial charge in [0.05, 0.1) is 19.4 Å². The van der Waals surface area contributed by atoms with Crippen LogP contribution < -0.4 is 15.4 Å². The molecule has 0 saturated heterocycles. The molecule has 134 valence electrons. The summed E-state index contributed by atoms with van der Waals surface area (Å²) in [6, 6.07) is 11.1. The molecule has 2 N–H and O–H groups in total. The standard InChI is InChI=1S/C19H24N2O4/c1-19(2,3)14-6-8-15(9-7-14)24-12-10-20-17(22)13-21-18(23)16-5-4-11-25-16/h4-9,11H,10,12-13H2,1-3H3,(H,20,22)(H,21,23). The zero-order chi connectivity index (χ0) is 18.3. The van der Waals surface area contributed by atoms with Crippen LogP contribution in [0.15, 0.2) is 47.1 Å². The molecule has 2 amide bonds. The normalized spacial score (nSPS) is 11.0. The van der Waals surface area contributed by atoms with E-state index in [1.165, 1.54) is 17.9 Å². The number of hydrogen-bond donors (Lipinski definition) is 2. The lowest BCUT2D eigenvalue weighted by atomic mass is 9.87. The fraction of sp³-hybridized carbons (Fsp3) is 0.368. The number of amides is 2. The van der Waals surface area contributed by atoms with Gasteiger partial charge in [-0.05, 0) is 35.2 Å². The molecule has 0 radical (unpaired) electrons. The summed E-state index contributed by atoms with van der Waals surface area (Å²) in [7, 11) is 0. The molecule has 2 rings (SSSR count). The van der Waals surface area contributed by atoms with E-state index in [-0.39, 0.29) is 23.6 Å². The molecule has 0 fully saturated rings. The monoisotopic (exact) mass is 344 g/mol. The number of carbonyl (C=O) groups excluding carboxylic acids is 2. The van der Waals surface area contributed by atoms with E-state index < -0.39 is 5.91 Å². The van der Waals surface area contributed by atoms with Gasteiger partial charge in [0.1, 0.15) is 12.4 Å². The molecular formula is C19H24N2O4. The number of nitrogens with one attached hydrogen (secondary N) is 2. The number of hydrogen-bond acceptors (Lipinski definition) is 4. The van der Waals surface area contributed by atoms with Crippen LogP contribution in [0.4, 0.5) is 0 Å². The number of furan rings is 1. The van der Waals surface area contributed by atoms with Gasteiger partial charge in [0.15, 0.2) is 5.76 Å². The van der Waals surface area contributed by atoms with Crippen LogP contribution in [0.1, 0.15) is 36.9 Å². The third-order valence-corrected chi connectivity index (χ3v) is 3.57. The first-order chi connectivity index (χ1) is 11.9. The van der Waals surface area contributed by atoms with Crippen LogP contribution in [-0.2, 0) is 10.2 Å². The van der Waals surface area contributed by atoms with Gasteiger partial charge in [-0.1, -0.05) is 32.9 Å². The quantitative estimate of drug-likeness (QED) is 0.756. The lowest BCUT2D eigenvalue weighted by Crippen LogP contribution is -2.38. The van der Waals surface area contributed by atoms with Gasteiger partial charge >= 0.3 is 0 Å². The van der Waals surface area contributed by atoms with Crippen molar-refractivity contribution in [3.63, 3.8) is 0 Å². The minimum absolute atomic E-state index is 0.104. The minimum Gasteiger partial charge on any atom is -0.492 e. The van der Waals surface area contributed by atoms with Crippen molar-refractivity contribution in [2.75, 3.05) is 19.7 Å². The summed E-state index contributed by atoms with van der Waals surface area (Å²) < 4.78 is 10.5. The predicted molar refractivity (Wildman–Crippen MR) is 94.7 cm³/mol. The van der Waals surface area contributed by atoms with Crippen molar-refractivity contribution in [2.24, 2.45) is 0 Å². The Morgan fingerprint density at radius 2 is 1.80 bits per heavy atom. The van der Waals surface area contributed by atoms with Crippen molar-refractivity contribution in [2.45, 2.75) is 26.2 Å². The molecule has 0 aliphatic carbocycles. The van der Waals surface area contributed by atoms with Crippen LogP contribution >= 0.6 is 0 Å². The molecule has 6 heteroatoms. The van der Waals surface area contributed by atoms with E-state index >= 15 is 0 Å². The van der Waals surface area contributed by atoms with Gasteiger partial charge in [-0.2, -0.15) is 0 Å². The van der Waals surface area contributed by atoms with Gasteiger partial charge in [0, 0.05) is 0 Å². The molecule has 6 nitrogen and oxygen atoms in total. The Morgan fingerprint density at radius 1 is 1.08 bits per heavy atom. The minimum atomic E-state index is -0.421. The third kappa shape index (κ3) is 5.99. The van der Waals surface area contributed by atoms with Crippen molar-refractivity contribution in [1.29, 1.82) is 0 Å². The summed E-state index contributed by atoms with van der Waals surface area (Å²) in [4.78, 5) is 23.3. The highest BCUT2D eigenvalue weighted by Gasteiger charge is 2.13. The second-order valence-electron chi connectivity index (χ2n) is 6.63. The van der Waals surface area contributed by atoms with Crippen LogP contribution in [0, 0.1) is 0 Å². The smallest absolute Gasteiger partial charge is 0.287 e. The molecule has 0 bridgehead atoms. The van der Waals surface area contributed by atoms with E-state index in [0.717, 1.165) is 5.75 Å². The van der Waals surface area contributed by atoms with Gasteiger partial charge < -0.3 is 19.8 Å². The molecule has 0 unspecified atom stereocenters. The summed E-state index contributed by atoms with van der Waals surface area (Å²) in [5.74, 6) is 0.227. The molecule has 25 heavy (non-hydrogen) atoms. The molecule has 0 aliphatic heterocycles. The van der Waals surface area contributed by atoms with E-state index in [4.69, 9.17) is 9.15 Å². The average Bonchev–Trinajstić information content (AvgIpc) is 3.11. The van der Waals surface area contributed by atoms with Gasteiger partial charge in [0.2, 0.25) is 5.91 Å². The number of carbonyl (C=O) groups is 2. The lowest BCUT2D eigenvalue weighted by molar-refractivity contribution is -0.120. The van der Waals surface area contributed by atoms with Crippen LogP contribution in [0.3, 0.4) is 0 Å².